The zero-order valence-corrected chi connectivity index (χ0v) is 15.9. The summed E-state index contributed by atoms with van der Waals surface area (Å²) in [5.74, 6) is 1.28. The van der Waals surface area contributed by atoms with Crippen LogP contribution in [-0.2, 0) is 0 Å². The lowest BCUT2D eigenvalue weighted by molar-refractivity contribution is 0.262. The second-order valence-corrected chi connectivity index (χ2v) is 7.06. The Balaban J connectivity index is 1.73. The third-order valence-electron chi connectivity index (χ3n) is 5.02. The van der Waals surface area contributed by atoms with E-state index in [9.17, 15) is 4.79 Å². The minimum absolute atomic E-state index is 0.274. The van der Waals surface area contributed by atoms with Crippen molar-refractivity contribution >= 4 is 23.1 Å². The van der Waals surface area contributed by atoms with Crippen molar-refractivity contribution in [1.82, 2.24) is 0 Å². The maximum absolute atomic E-state index is 12.4. The van der Waals surface area contributed by atoms with Crippen LogP contribution in [0.4, 0.5) is 21.9 Å². The first-order valence-electron chi connectivity index (χ1n) is 9.02. The maximum Gasteiger partial charge on any atom is 0.323 e. The van der Waals surface area contributed by atoms with Gasteiger partial charge in [-0.2, -0.15) is 0 Å². The summed E-state index contributed by atoms with van der Waals surface area (Å²) in [4.78, 5) is 14.4. The number of ether oxygens (including phenoxy) is 1. The molecule has 2 aromatic carbocycles. The lowest BCUT2D eigenvalue weighted by Crippen LogP contribution is -2.20. The molecule has 0 bridgehead atoms. The maximum atomic E-state index is 12.4. The van der Waals surface area contributed by atoms with Gasteiger partial charge in [0.2, 0.25) is 0 Å². The van der Waals surface area contributed by atoms with Crippen molar-refractivity contribution in [2.75, 3.05) is 36.7 Å². The highest BCUT2D eigenvalue weighted by atomic mass is 16.5. The Morgan fingerprint density at radius 1 is 1.12 bits per heavy atom. The first kappa shape index (κ1) is 18.1. The van der Waals surface area contributed by atoms with E-state index in [1.54, 1.807) is 7.11 Å². The number of nitrogens with one attached hydrogen (secondary N) is 2. The van der Waals surface area contributed by atoms with Gasteiger partial charge in [0.15, 0.2) is 0 Å². The quantitative estimate of drug-likeness (QED) is 0.797. The highest BCUT2D eigenvalue weighted by Gasteiger charge is 2.23. The molecule has 2 N–H and O–H groups in total. The third-order valence-corrected chi connectivity index (χ3v) is 5.02. The largest absolute Gasteiger partial charge is 0.495 e. The van der Waals surface area contributed by atoms with E-state index < -0.39 is 0 Å². The number of carbonyl (C=O) groups is 1. The van der Waals surface area contributed by atoms with E-state index >= 15 is 0 Å². The molecule has 0 unspecified atom stereocenters. The van der Waals surface area contributed by atoms with E-state index in [1.807, 2.05) is 49.3 Å². The molecule has 0 heterocycles. The van der Waals surface area contributed by atoms with Gasteiger partial charge in [0.05, 0.1) is 12.8 Å². The average Bonchev–Trinajstić information content (AvgIpc) is 2.56. The van der Waals surface area contributed by atoms with Gasteiger partial charge in [0.25, 0.3) is 0 Å². The topological polar surface area (TPSA) is 53.6 Å². The van der Waals surface area contributed by atoms with Crippen LogP contribution in [0.15, 0.2) is 36.4 Å². The van der Waals surface area contributed by atoms with E-state index in [-0.39, 0.29) is 6.03 Å². The number of hydrogen-bond acceptors (Lipinski definition) is 3. The smallest absolute Gasteiger partial charge is 0.323 e. The Morgan fingerprint density at radius 3 is 2.35 bits per heavy atom. The molecule has 2 aromatic rings. The molecule has 0 spiro atoms. The number of nitrogens with zero attached hydrogens (tertiary/aromatic N) is 1. The number of methoxy groups -OCH3 is 1. The minimum atomic E-state index is -0.274. The van der Waals surface area contributed by atoms with E-state index in [0.717, 1.165) is 11.4 Å². The van der Waals surface area contributed by atoms with Crippen LogP contribution in [0.1, 0.15) is 36.3 Å². The molecule has 0 aromatic heterocycles. The molecule has 26 heavy (non-hydrogen) atoms. The van der Waals surface area contributed by atoms with Crippen LogP contribution >= 0.6 is 0 Å². The minimum Gasteiger partial charge on any atom is -0.495 e. The van der Waals surface area contributed by atoms with Gasteiger partial charge in [-0.05, 0) is 73.2 Å². The molecule has 1 aliphatic rings. The monoisotopic (exact) mass is 353 g/mol. The fraction of sp³-hybridized carbons (Fsp3) is 0.381. The van der Waals surface area contributed by atoms with Gasteiger partial charge < -0.3 is 20.3 Å². The molecule has 1 aliphatic carbocycles. The SMILES string of the molecule is COc1cc(C)c(C2CCC2)cc1NC(=O)Nc1ccc(N(C)C)cc1. The summed E-state index contributed by atoms with van der Waals surface area (Å²) in [5.41, 5.74) is 5.07. The standard InChI is InChI=1S/C21H27N3O2/c1-14-12-20(26-4)19(13-18(14)15-6-5-7-15)23-21(25)22-16-8-10-17(11-9-16)24(2)3/h8-13,15H,5-7H2,1-4H3,(H2,22,23,25). The number of anilines is 3. The second-order valence-electron chi connectivity index (χ2n) is 7.06. The predicted molar refractivity (Wildman–Crippen MR) is 108 cm³/mol. The Hall–Kier alpha value is -2.69. The van der Waals surface area contributed by atoms with E-state index in [2.05, 4.69) is 23.6 Å². The van der Waals surface area contributed by atoms with Crippen molar-refractivity contribution in [2.24, 2.45) is 0 Å². The number of carbonyl (C=O) groups excluding carboxylic acids is 1. The number of urea groups is 1. The summed E-state index contributed by atoms with van der Waals surface area (Å²) in [7, 11) is 5.60. The van der Waals surface area contributed by atoms with Crippen LogP contribution in [0.25, 0.3) is 0 Å². The van der Waals surface area contributed by atoms with Gasteiger partial charge in [0.1, 0.15) is 5.75 Å². The molecule has 0 atom stereocenters. The van der Waals surface area contributed by atoms with Crippen molar-refractivity contribution < 1.29 is 9.53 Å². The van der Waals surface area contributed by atoms with Crippen LogP contribution in [0.3, 0.4) is 0 Å². The van der Waals surface area contributed by atoms with Crippen LogP contribution in [0.2, 0.25) is 0 Å². The Labute approximate surface area is 155 Å². The van der Waals surface area contributed by atoms with Crippen LogP contribution in [-0.4, -0.2) is 27.2 Å². The first-order valence-corrected chi connectivity index (χ1v) is 9.02. The summed E-state index contributed by atoms with van der Waals surface area (Å²) < 4.78 is 5.46. The van der Waals surface area contributed by atoms with Gasteiger partial charge >= 0.3 is 6.03 Å². The van der Waals surface area contributed by atoms with Crippen molar-refractivity contribution in [3.63, 3.8) is 0 Å². The van der Waals surface area contributed by atoms with Crippen LogP contribution < -0.4 is 20.3 Å². The molecule has 2 amide bonds. The van der Waals surface area contributed by atoms with Crippen LogP contribution in [0.5, 0.6) is 5.75 Å². The Morgan fingerprint density at radius 2 is 1.81 bits per heavy atom. The summed E-state index contributed by atoms with van der Waals surface area (Å²) in [6.45, 7) is 2.10. The number of amides is 2. The van der Waals surface area contributed by atoms with E-state index in [1.165, 1.54) is 30.4 Å². The summed E-state index contributed by atoms with van der Waals surface area (Å²) in [6.07, 6.45) is 3.72. The molecule has 5 nitrogen and oxygen atoms in total. The fourth-order valence-electron chi connectivity index (χ4n) is 3.25. The zero-order valence-electron chi connectivity index (χ0n) is 15.9. The lowest BCUT2D eigenvalue weighted by atomic mass is 9.78. The highest BCUT2D eigenvalue weighted by Crippen LogP contribution is 2.41. The zero-order chi connectivity index (χ0) is 18.7. The average molecular weight is 353 g/mol. The first-order chi connectivity index (χ1) is 12.5. The molecule has 0 aliphatic heterocycles. The predicted octanol–water partition coefficient (Wildman–Crippen LogP) is 4.98. The summed E-state index contributed by atoms with van der Waals surface area (Å²) in [5, 5.41) is 5.81. The molecule has 1 fully saturated rings. The summed E-state index contributed by atoms with van der Waals surface area (Å²) >= 11 is 0. The fourth-order valence-corrected chi connectivity index (χ4v) is 3.25. The van der Waals surface area contributed by atoms with Crippen molar-refractivity contribution in [1.29, 1.82) is 0 Å². The second kappa shape index (κ2) is 7.68. The number of aryl methyl sites for hydroxylation is 1. The van der Waals surface area contributed by atoms with Gasteiger partial charge in [-0.3, -0.25) is 0 Å². The van der Waals surface area contributed by atoms with Gasteiger partial charge in [-0.1, -0.05) is 6.42 Å². The molecule has 5 heteroatoms. The van der Waals surface area contributed by atoms with Crippen molar-refractivity contribution in [2.45, 2.75) is 32.1 Å². The third kappa shape index (κ3) is 3.93. The van der Waals surface area contributed by atoms with Crippen LogP contribution in [0, 0.1) is 6.92 Å². The normalized spacial score (nSPS) is 13.7. The number of rotatable bonds is 5. The van der Waals surface area contributed by atoms with Crippen molar-refractivity contribution in [3.05, 3.63) is 47.5 Å². The molecule has 138 valence electrons. The Bertz CT molecular complexity index is 781. The molecular formula is C21H27N3O2. The molecule has 1 saturated carbocycles. The molecule has 0 saturated heterocycles. The van der Waals surface area contributed by atoms with Crippen molar-refractivity contribution in [3.8, 4) is 5.75 Å². The van der Waals surface area contributed by atoms with Gasteiger partial charge in [-0.15, -0.1) is 0 Å². The van der Waals surface area contributed by atoms with Gasteiger partial charge in [-0.25, -0.2) is 4.79 Å². The highest BCUT2D eigenvalue weighted by molar-refractivity contribution is 6.00. The molecule has 3 rings (SSSR count). The number of benzene rings is 2. The number of hydrogen-bond donors (Lipinski definition) is 2. The summed E-state index contributed by atoms with van der Waals surface area (Å²) in [6, 6.07) is 11.5. The molecular weight excluding hydrogens is 326 g/mol. The molecule has 0 radical (unpaired) electrons. The Kier molecular flexibility index (Phi) is 5.35. The van der Waals surface area contributed by atoms with Gasteiger partial charge in [0, 0.05) is 25.5 Å². The lowest BCUT2D eigenvalue weighted by Gasteiger charge is -2.28. The van der Waals surface area contributed by atoms with E-state index in [4.69, 9.17) is 4.74 Å². The van der Waals surface area contributed by atoms with E-state index in [0.29, 0.717) is 17.4 Å².